The predicted octanol–water partition coefficient (Wildman–Crippen LogP) is 2.88. The molecule has 0 aliphatic rings. The molecule has 0 aliphatic carbocycles. The normalized spacial score (nSPS) is 14.4. The van der Waals surface area contributed by atoms with Gasteiger partial charge in [-0.1, -0.05) is 31.1 Å². The van der Waals surface area contributed by atoms with Gasteiger partial charge in [-0.2, -0.15) is 4.98 Å². The van der Waals surface area contributed by atoms with Gasteiger partial charge in [0.15, 0.2) is 5.82 Å². The quantitative estimate of drug-likeness (QED) is 0.899. The highest BCUT2D eigenvalue weighted by atomic mass is 16.5. The van der Waals surface area contributed by atoms with E-state index in [0.717, 1.165) is 18.4 Å². The molecule has 2 N–H and O–H groups in total. The smallest absolute Gasteiger partial charge is 0.257 e. The Hall–Kier alpha value is -1.68. The van der Waals surface area contributed by atoms with Crippen molar-refractivity contribution in [1.29, 1.82) is 0 Å². The van der Waals surface area contributed by atoms with Crippen LogP contribution in [0.1, 0.15) is 38.6 Å². The summed E-state index contributed by atoms with van der Waals surface area (Å²) in [6.07, 6.45) is 1.78. The molecule has 0 saturated carbocycles. The van der Waals surface area contributed by atoms with E-state index in [2.05, 4.69) is 29.2 Å². The highest BCUT2D eigenvalue weighted by molar-refractivity contribution is 5.53. The van der Waals surface area contributed by atoms with Gasteiger partial charge in [0.2, 0.25) is 0 Å². The third-order valence-corrected chi connectivity index (χ3v) is 3.28. The number of rotatable bonds is 4. The molecule has 0 saturated heterocycles. The summed E-state index contributed by atoms with van der Waals surface area (Å²) in [5.41, 5.74) is 7.77. The number of hydrogen-bond acceptors (Lipinski definition) is 4. The number of nitrogens with two attached hydrogens (primary N) is 1. The molecule has 2 rings (SSSR count). The Labute approximate surface area is 107 Å². The second-order valence-corrected chi connectivity index (χ2v) is 4.74. The van der Waals surface area contributed by atoms with Gasteiger partial charge in [0, 0.05) is 5.56 Å². The van der Waals surface area contributed by atoms with Gasteiger partial charge >= 0.3 is 0 Å². The molecule has 1 unspecified atom stereocenters. The molecule has 4 nitrogen and oxygen atoms in total. The molecule has 1 aromatic carbocycles. The lowest BCUT2D eigenvalue weighted by atomic mass is 10.00. The van der Waals surface area contributed by atoms with E-state index < -0.39 is 5.54 Å². The molecule has 18 heavy (non-hydrogen) atoms. The van der Waals surface area contributed by atoms with Crippen LogP contribution in [0.15, 0.2) is 28.8 Å². The van der Waals surface area contributed by atoms with Gasteiger partial charge in [-0.15, -0.1) is 0 Å². The predicted molar refractivity (Wildman–Crippen MR) is 70.9 cm³/mol. The van der Waals surface area contributed by atoms with Gasteiger partial charge in [0.25, 0.3) is 5.89 Å². The van der Waals surface area contributed by atoms with Crippen LogP contribution in [0, 0.1) is 0 Å². The van der Waals surface area contributed by atoms with Crippen LogP contribution in [-0.4, -0.2) is 10.1 Å². The second-order valence-electron chi connectivity index (χ2n) is 4.74. The maximum Gasteiger partial charge on any atom is 0.257 e. The van der Waals surface area contributed by atoms with Gasteiger partial charge in [-0.05, 0) is 37.5 Å². The van der Waals surface area contributed by atoms with Crippen molar-refractivity contribution < 1.29 is 4.52 Å². The molecule has 0 fully saturated rings. The van der Waals surface area contributed by atoms with Crippen LogP contribution in [0.4, 0.5) is 0 Å². The van der Waals surface area contributed by atoms with Gasteiger partial charge < -0.3 is 10.3 Å². The highest BCUT2D eigenvalue weighted by Gasteiger charge is 2.25. The monoisotopic (exact) mass is 245 g/mol. The first-order chi connectivity index (χ1) is 8.56. The lowest BCUT2D eigenvalue weighted by Gasteiger charge is -2.16. The van der Waals surface area contributed by atoms with Crippen LogP contribution in [0.25, 0.3) is 11.5 Å². The van der Waals surface area contributed by atoms with Crippen molar-refractivity contribution in [3.63, 3.8) is 0 Å². The largest absolute Gasteiger partial charge is 0.334 e. The van der Waals surface area contributed by atoms with Gasteiger partial charge in [0.05, 0.1) is 5.54 Å². The molecule has 96 valence electrons. The van der Waals surface area contributed by atoms with Crippen molar-refractivity contribution in [2.45, 2.75) is 39.2 Å². The summed E-state index contributed by atoms with van der Waals surface area (Å²) in [4.78, 5) is 4.38. The molecule has 0 radical (unpaired) electrons. The molecule has 0 spiro atoms. The van der Waals surface area contributed by atoms with Crippen molar-refractivity contribution in [3.8, 4) is 11.5 Å². The van der Waals surface area contributed by atoms with E-state index in [0.29, 0.717) is 11.7 Å². The lowest BCUT2D eigenvalue weighted by Crippen LogP contribution is -2.33. The van der Waals surface area contributed by atoms with Gasteiger partial charge in [-0.3, -0.25) is 0 Å². The molecule has 1 aromatic heterocycles. The zero-order chi connectivity index (χ0) is 13.2. The number of hydrogen-bond donors (Lipinski definition) is 1. The zero-order valence-corrected chi connectivity index (χ0v) is 11.1. The Morgan fingerprint density at radius 3 is 2.44 bits per heavy atom. The third-order valence-electron chi connectivity index (χ3n) is 3.28. The van der Waals surface area contributed by atoms with Crippen LogP contribution < -0.4 is 5.73 Å². The van der Waals surface area contributed by atoms with Crippen molar-refractivity contribution >= 4 is 0 Å². The fourth-order valence-corrected chi connectivity index (χ4v) is 1.61. The molecule has 1 atom stereocenters. The van der Waals surface area contributed by atoms with Crippen LogP contribution in [0.2, 0.25) is 0 Å². The average molecular weight is 245 g/mol. The first-order valence-electron chi connectivity index (χ1n) is 6.29. The van der Waals surface area contributed by atoms with Crippen LogP contribution in [-0.2, 0) is 12.0 Å². The molecule has 1 heterocycles. The summed E-state index contributed by atoms with van der Waals surface area (Å²) < 4.78 is 5.27. The number of aryl methyl sites for hydroxylation is 1. The van der Waals surface area contributed by atoms with Crippen LogP contribution in [0.3, 0.4) is 0 Å². The summed E-state index contributed by atoms with van der Waals surface area (Å²) in [6.45, 7) is 6.04. The molecular weight excluding hydrogens is 226 g/mol. The Bertz CT molecular complexity index is 514. The number of benzene rings is 1. The second kappa shape index (κ2) is 4.90. The zero-order valence-electron chi connectivity index (χ0n) is 11.1. The lowest BCUT2D eigenvalue weighted by molar-refractivity contribution is 0.379. The van der Waals surface area contributed by atoms with E-state index in [9.17, 15) is 0 Å². The number of aromatic nitrogens is 2. The minimum absolute atomic E-state index is 0.526. The number of nitrogens with zero attached hydrogens (tertiary/aromatic N) is 2. The minimum Gasteiger partial charge on any atom is -0.334 e. The Morgan fingerprint density at radius 1 is 1.22 bits per heavy atom. The molecule has 4 heteroatoms. The summed E-state index contributed by atoms with van der Waals surface area (Å²) in [5.74, 6) is 1.08. The van der Waals surface area contributed by atoms with E-state index >= 15 is 0 Å². The fourth-order valence-electron chi connectivity index (χ4n) is 1.61. The summed E-state index contributed by atoms with van der Waals surface area (Å²) >= 11 is 0. The van der Waals surface area contributed by atoms with Crippen molar-refractivity contribution in [3.05, 3.63) is 35.7 Å². The third kappa shape index (κ3) is 2.43. The maximum absolute atomic E-state index is 6.09. The average Bonchev–Trinajstić information content (AvgIpc) is 2.89. The van der Waals surface area contributed by atoms with Crippen molar-refractivity contribution in [2.24, 2.45) is 5.73 Å². The van der Waals surface area contributed by atoms with Gasteiger partial charge in [0.1, 0.15) is 0 Å². The minimum atomic E-state index is -0.537. The van der Waals surface area contributed by atoms with E-state index in [1.165, 1.54) is 5.56 Å². The van der Waals surface area contributed by atoms with Crippen LogP contribution >= 0.6 is 0 Å². The van der Waals surface area contributed by atoms with E-state index in [1.54, 1.807) is 0 Å². The van der Waals surface area contributed by atoms with E-state index in [1.807, 2.05) is 26.0 Å². The molecule has 0 amide bonds. The SMILES string of the molecule is CCc1ccc(-c2nc(C(C)(N)CC)no2)cc1. The standard InChI is InChI=1S/C14H19N3O/c1-4-10-6-8-11(9-7-10)12-16-13(17-18-12)14(3,15)5-2/h6-9H,4-5,15H2,1-3H3. The van der Waals surface area contributed by atoms with Crippen LogP contribution in [0.5, 0.6) is 0 Å². The Morgan fingerprint density at radius 2 is 1.89 bits per heavy atom. The molecular formula is C14H19N3O. The van der Waals surface area contributed by atoms with Crippen molar-refractivity contribution in [2.75, 3.05) is 0 Å². The fraction of sp³-hybridized carbons (Fsp3) is 0.429. The highest BCUT2D eigenvalue weighted by Crippen LogP contribution is 2.23. The first kappa shape index (κ1) is 12.8. The molecule has 2 aromatic rings. The molecule has 0 aliphatic heterocycles. The summed E-state index contributed by atoms with van der Waals surface area (Å²) in [7, 11) is 0. The van der Waals surface area contributed by atoms with E-state index in [-0.39, 0.29) is 0 Å². The van der Waals surface area contributed by atoms with Gasteiger partial charge in [-0.25, -0.2) is 0 Å². The Kier molecular flexibility index (Phi) is 3.48. The van der Waals surface area contributed by atoms with E-state index in [4.69, 9.17) is 10.3 Å². The van der Waals surface area contributed by atoms with Crippen molar-refractivity contribution in [1.82, 2.24) is 10.1 Å². The molecule has 0 bridgehead atoms. The summed E-state index contributed by atoms with van der Waals surface area (Å²) in [5, 5.41) is 3.97. The topological polar surface area (TPSA) is 64.9 Å². The Balaban J connectivity index is 2.29. The first-order valence-corrected chi connectivity index (χ1v) is 6.29. The summed E-state index contributed by atoms with van der Waals surface area (Å²) in [6, 6.07) is 8.13. The maximum atomic E-state index is 6.09.